The number of aromatic nitrogens is 1. The first-order valence-electron chi connectivity index (χ1n) is 6.90. The summed E-state index contributed by atoms with van der Waals surface area (Å²) < 4.78 is 0. The van der Waals surface area contributed by atoms with E-state index < -0.39 is 11.9 Å². The lowest BCUT2D eigenvalue weighted by molar-refractivity contribution is -0.122. The van der Waals surface area contributed by atoms with Crippen LogP contribution < -0.4 is 10.6 Å². The number of benzene rings is 1. The molecule has 0 radical (unpaired) electrons. The van der Waals surface area contributed by atoms with Crippen LogP contribution in [0.3, 0.4) is 0 Å². The molecule has 5 nitrogen and oxygen atoms in total. The predicted molar refractivity (Wildman–Crippen MR) is 89.5 cm³/mol. The Morgan fingerprint density at radius 1 is 1.22 bits per heavy atom. The van der Waals surface area contributed by atoms with Crippen molar-refractivity contribution in [1.82, 2.24) is 15.6 Å². The average Bonchev–Trinajstić information content (AvgIpc) is 2.55. The summed E-state index contributed by atoms with van der Waals surface area (Å²) >= 11 is 11.7. The Balaban J connectivity index is 1.89. The molecule has 0 aliphatic heterocycles. The molecular formula is C16H15Cl2N3O2. The van der Waals surface area contributed by atoms with E-state index in [2.05, 4.69) is 15.6 Å². The lowest BCUT2D eigenvalue weighted by Crippen LogP contribution is -2.44. The third-order valence-corrected chi connectivity index (χ3v) is 3.85. The molecule has 0 spiro atoms. The predicted octanol–water partition coefficient (Wildman–Crippen LogP) is 2.82. The first-order chi connectivity index (χ1) is 11.0. The molecule has 1 aromatic heterocycles. The summed E-state index contributed by atoms with van der Waals surface area (Å²) in [7, 11) is 0. The van der Waals surface area contributed by atoms with E-state index in [-0.39, 0.29) is 10.9 Å². The molecule has 1 atom stereocenters. The van der Waals surface area contributed by atoms with Gasteiger partial charge in [0.2, 0.25) is 5.91 Å². The molecule has 2 rings (SSSR count). The van der Waals surface area contributed by atoms with Gasteiger partial charge in [-0.3, -0.25) is 14.6 Å². The largest absolute Gasteiger partial charge is 0.350 e. The normalized spacial score (nSPS) is 11.6. The molecular weight excluding hydrogens is 337 g/mol. The SMILES string of the molecule is C[C@@H](NC(=O)c1ccc(Cl)c(Cl)c1)C(=O)NCc1cccnc1. The number of hydrogen-bond acceptors (Lipinski definition) is 3. The number of hydrogen-bond donors (Lipinski definition) is 2. The van der Waals surface area contributed by atoms with Gasteiger partial charge < -0.3 is 10.6 Å². The van der Waals surface area contributed by atoms with Gasteiger partial charge in [0.25, 0.3) is 5.91 Å². The van der Waals surface area contributed by atoms with Crippen molar-refractivity contribution in [3.63, 3.8) is 0 Å². The zero-order chi connectivity index (χ0) is 16.8. The first kappa shape index (κ1) is 17.2. The number of carbonyl (C=O) groups is 2. The second kappa shape index (κ2) is 7.94. The second-order valence-corrected chi connectivity index (χ2v) is 5.72. The zero-order valence-corrected chi connectivity index (χ0v) is 13.9. The summed E-state index contributed by atoms with van der Waals surface area (Å²) in [5, 5.41) is 6.00. The van der Waals surface area contributed by atoms with Crippen molar-refractivity contribution in [2.45, 2.75) is 19.5 Å². The van der Waals surface area contributed by atoms with E-state index in [0.717, 1.165) is 5.56 Å². The minimum Gasteiger partial charge on any atom is -0.350 e. The molecule has 0 fully saturated rings. The van der Waals surface area contributed by atoms with Gasteiger partial charge in [-0.2, -0.15) is 0 Å². The van der Waals surface area contributed by atoms with Gasteiger partial charge in [-0.05, 0) is 36.8 Å². The molecule has 0 bridgehead atoms. The molecule has 2 N–H and O–H groups in total. The molecule has 120 valence electrons. The van der Waals surface area contributed by atoms with E-state index in [0.29, 0.717) is 17.1 Å². The molecule has 1 aromatic carbocycles. The fourth-order valence-corrected chi connectivity index (χ4v) is 2.13. The quantitative estimate of drug-likeness (QED) is 0.869. The summed E-state index contributed by atoms with van der Waals surface area (Å²) in [5.74, 6) is -0.685. The number of carbonyl (C=O) groups excluding carboxylic acids is 2. The van der Waals surface area contributed by atoms with Crippen LogP contribution in [0.4, 0.5) is 0 Å². The Morgan fingerprint density at radius 2 is 2.00 bits per heavy atom. The Hall–Kier alpha value is -2.11. The number of amides is 2. The molecule has 7 heteroatoms. The molecule has 0 aliphatic carbocycles. The summed E-state index contributed by atoms with van der Waals surface area (Å²) in [6, 6.07) is 7.49. The van der Waals surface area contributed by atoms with Crippen LogP contribution >= 0.6 is 23.2 Å². The van der Waals surface area contributed by atoms with Crippen molar-refractivity contribution in [2.75, 3.05) is 0 Å². The summed E-state index contributed by atoms with van der Waals surface area (Å²) in [6.45, 7) is 1.95. The van der Waals surface area contributed by atoms with Crippen LogP contribution in [0.2, 0.25) is 10.0 Å². The van der Waals surface area contributed by atoms with Crippen LogP contribution in [0.15, 0.2) is 42.7 Å². The Morgan fingerprint density at radius 3 is 2.65 bits per heavy atom. The van der Waals surface area contributed by atoms with Crippen molar-refractivity contribution >= 4 is 35.0 Å². The van der Waals surface area contributed by atoms with Gasteiger partial charge >= 0.3 is 0 Å². The molecule has 0 saturated carbocycles. The van der Waals surface area contributed by atoms with Gasteiger partial charge in [0.05, 0.1) is 10.0 Å². The van der Waals surface area contributed by atoms with Gasteiger partial charge in [-0.25, -0.2) is 0 Å². The fourth-order valence-electron chi connectivity index (χ4n) is 1.83. The van der Waals surface area contributed by atoms with E-state index in [1.54, 1.807) is 31.5 Å². The summed E-state index contributed by atoms with van der Waals surface area (Å²) in [4.78, 5) is 28.1. The molecule has 23 heavy (non-hydrogen) atoms. The first-order valence-corrected chi connectivity index (χ1v) is 7.65. The van der Waals surface area contributed by atoms with Gasteiger partial charge in [-0.1, -0.05) is 29.3 Å². The third-order valence-electron chi connectivity index (χ3n) is 3.11. The maximum absolute atomic E-state index is 12.1. The third kappa shape index (κ3) is 4.94. The second-order valence-electron chi connectivity index (χ2n) is 4.90. The Bertz CT molecular complexity index is 708. The molecule has 0 aliphatic rings. The van der Waals surface area contributed by atoms with Gasteiger partial charge in [0.15, 0.2) is 0 Å². The van der Waals surface area contributed by atoms with Gasteiger partial charge in [0, 0.05) is 24.5 Å². The highest BCUT2D eigenvalue weighted by Crippen LogP contribution is 2.22. The number of halogens is 2. The van der Waals surface area contributed by atoms with Crippen molar-refractivity contribution in [1.29, 1.82) is 0 Å². The lowest BCUT2D eigenvalue weighted by Gasteiger charge is -2.14. The summed E-state index contributed by atoms with van der Waals surface area (Å²) in [6.07, 6.45) is 3.32. The highest BCUT2D eigenvalue weighted by atomic mass is 35.5. The Labute approximate surface area is 144 Å². The molecule has 2 aromatic rings. The van der Waals surface area contributed by atoms with Crippen molar-refractivity contribution in [2.24, 2.45) is 0 Å². The Kier molecular flexibility index (Phi) is 5.96. The molecule has 0 saturated heterocycles. The van der Waals surface area contributed by atoms with E-state index >= 15 is 0 Å². The monoisotopic (exact) mass is 351 g/mol. The fraction of sp³-hybridized carbons (Fsp3) is 0.188. The van der Waals surface area contributed by atoms with E-state index in [1.165, 1.54) is 12.1 Å². The van der Waals surface area contributed by atoms with Crippen LogP contribution in [-0.4, -0.2) is 22.8 Å². The van der Waals surface area contributed by atoms with Crippen molar-refractivity contribution < 1.29 is 9.59 Å². The van der Waals surface area contributed by atoms with Crippen LogP contribution in [-0.2, 0) is 11.3 Å². The highest BCUT2D eigenvalue weighted by Gasteiger charge is 2.17. The van der Waals surface area contributed by atoms with E-state index in [9.17, 15) is 9.59 Å². The van der Waals surface area contributed by atoms with Crippen LogP contribution in [0.25, 0.3) is 0 Å². The molecule has 0 unspecified atom stereocenters. The van der Waals surface area contributed by atoms with Crippen LogP contribution in [0.1, 0.15) is 22.8 Å². The smallest absolute Gasteiger partial charge is 0.251 e. The van der Waals surface area contributed by atoms with E-state index in [4.69, 9.17) is 23.2 Å². The number of pyridine rings is 1. The summed E-state index contributed by atoms with van der Waals surface area (Å²) in [5.41, 5.74) is 1.22. The van der Waals surface area contributed by atoms with E-state index in [1.807, 2.05) is 6.07 Å². The average molecular weight is 352 g/mol. The van der Waals surface area contributed by atoms with Crippen LogP contribution in [0.5, 0.6) is 0 Å². The lowest BCUT2D eigenvalue weighted by atomic mass is 10.2. The van der Waals surface area contributed by atoms with Crippen LogP contribution in [0, 0.1) is 0 Å². The van der Waals surface area contributed by atoms with Gasteiger partial charge in [0.1, 0.15) is 6.04 Å². The molecule has 1 heterocycles. The maximum atomic E-state index is 12.1. The minimum absolute atomic E-state index is 0.285. The zero-order valence-electron chi connectivity index (χ0n) is 12.3. The number of nitrogens with zero attached hydrogens (tertiary/aromatic N) is 1. The minimum atomic E-state index is -0.686. The van der Waals surface area contributed by atoms with Crippen molar-refractivity contribution in [3.05, 3.63) is 63.9 Å². The molecule has 2 amide bonds. The number of nitrogens with one attached hydrogen (secondary N) is 2. The standard InChI is InChI=1S/C16H15Cl2N3O2/c1-10(15(22)20-9-11-3-2-6-19-8-11)21-16(23)12-4-5-13(17)14(18)7-12/h2-8,10H,9H2,1H3,(H,20,22)(H,21,23)/t10-/m1/s1. The highest BCUT2D eigenvalue weighted by molar-refractivity contribution is 6.42. The number of rotatable bonds is 5. The topological polar surface area (TPSA) is 71.1 Å². The van der Waals surface area contributed by atoms with Crippen molar-refractivity contribution in [3.8, 4) is 0 Å². The maximum Gasteiger partial charge on any atom is 0.251 e. The van der Waals surface area contributed by atoms with Gasteiger partial charge in [-0.15, -0.1) is 0 Å².